The van der Waals surface area contributed by atoms with Gasteiger partial charge in [-0.3, -0.25) is 9.69 Å². The van der Waals surface area contributed by atoms with E-state index in [0.29, 0.717) is 0 Å². The standard InChI is InChI=1S/C24H25N3O2/c1-16-22(17(2)29-26-16)18-11-12-21-20(15-18)24(23(28)25-21,19-9-5-3-6-10-19)27-13-7-4-8-14-27/h3,5-6,9-12,15H,4,7-8,13-14H2,1-2H3,(H,25,28). The molecule has 1 atom stereocenters. The summed E-state index contributed by atoms with van der Waals surface area (Å²) in [4.78, 5) is 16.0. The van der Waals surface area contributed by atoms with Crippen LogP contribution in [-0.2, 0) is 10.3 Å². The molecule has 1 saturated heterocycles. The van der Waals surface area contributed by atoms with Crippen LogP contribution in [0.1, 0.15) is 41.8 Å². The molecular weight excluding hydrogens is 362 g/mol. The van der Waals surface area contributed by atoms with E-state index in [0.717, 1.165) is 65.3 Å². The molecule has 3 heterocycles. The molecular formula is C24H25N3O2. The number of nitrogens with one attached hydrogen (secondary N) is 1. The zero-order valence-electron chi connectivity index (χ0n) is 16.9. The molecule has 2 aromatic carbocycles. The average Bonchev–Trinajstić information content (AvgIpc) is 3.24. The summed E-state index contributed by atoms with van der Waals surface area (Å²) in [5.41, 5.74) is 5.04. The Bertz CT molecular complexity index is 1050. The van der Waals surface area contributed by atoms with Crippen molar-refractivity contribution in [2.75, 3.05) is 18.4 Å². The third-order valence-corrected chi connectivity index (χ3v) is 6.33. The Morgan fingerprint density at radius 2 is 1.79 bits per heavy atom. The van der Waals surface area contributed by atoms with Crippen LogP contribution in [0.15, 0.2) is 53.1 Å². The smallest absolute Gasteiger partial charge is 0.254 e. The number of piperidine rings is 1. The topological polar surface area (TPSA) is 58.4 Å². The predicted octanol–water partition coefficient (Wildman–Crippen LogP) is 4.64. The summed E-state index contributed by atoms with van der Waals surface area (Å²) < 4.78 is 5.40. The van der Waals surface area contributed by atoms with E-state index in [-0.39, 0.29) is 5.91 Å². The lowest BCUT2D eigenvalue weighted by Crippen LogP contribution is -2.53. The van der Waals surface area contributed by atoms with Gasteiger partial charge in [0.25, 0.3) is 5.91 Å². The first-order valence-electron chi connectivity index (χ1n) is 10.3. The monoisotopic (exact) mass is 387 g/mol. The molecule has 0 bridgehead atoms. The highest BCUT2D eigenvalue weighted by molar-refractivity contribution is 6.08. The third-order valence-electron chi connectivity index (χ3n) is 6.33. The maximum absolute atomic E-state index is 13.6. The molecule has 1 amide bonds. The van der Waals surface area contributed by atoms with Gasteiger partial charge in [-0.05, 0) is 63.0 Å². The first-order valence-corrected chi connectivity index (χ1v) is 10.3. The van der Waals surface area contributed by atoms with Gasteiger partial charge in [0.15, 0.2) is 5.54 Å². The summed E-state index contributed by atoms with van der Waals surface area (Å²) in [7, 11) is 0. The Balaban J connectivity index is 1.75. The molecule has 1 unspecified atom stereocenters. The van der Waals surface area contributed by atoms with Crippen LogP contribution >= 0.6 is 0 Å². The molecule has 0 radical (unpaired) electrons. The zero-order chi connectivity index (χ0) is 20.0. The Morgan fingerprint density at radius 3 is 2.48 bits per heavy atom. The van der Waals surface area contributed by atoms with Crippen LogP contribution in [-0.4, -0.2) is 29.1 Å². The minimum Gasteiger partial charge on any atom is -0.361 e. The second-order valence-electron chi connectivity index (χ2n) is 8.04. The van der Waals surface area contributed by atoms with Gasteiger partial charge in [0.05, 0.1) is 5.69 Å². The van der Waals surface area contributed by atoms with Crippen LogP contribution < -0.4 is 5.32 Å². The Kier molecular flexibility index (Phi) is 4.28. The number of aromatic nitrogens is 1. The van der Waals surface area contributed by atoms with Crippen molar-refractivity contribution in [1.29, 1.82) is 0 Å². The van der Waals surface area contributed by atoms with Crippen molar-refractivity contribution in [3.05, 3.63) is 71.1 Å². The molecule has 3 aromatic rings. The van der Waals surface area contributed by atoms with Crippen molar-refractivity contribution in [3.63, 3.8) is 0 Å². The largest absolute Gasteiger partial charge is 0.361 e. The lowest BCUT2D eigenvalue weighted by Gasteiger charge is -2.42. The second-order valence-corrected chi connectivity index (χ2v) is 8.04. The van der Waals surface area contributed by atoms with Gasteiger partial charge < -0.3 is 9.84 Å². The van der Waals surface area contributed by atoms with Gasteiger partial charge in [0.1, 0.15) is 5.76 Å². The number of fused-ring (bicyclic) bond motifs is 1. The number of carbonyl (C=O) groups is 1. The summed E-state index contributed by atoms with van der Waals surface area (Å²) in [6, 6.07) is 16.4. The highest BCUT2D eigenvalue weighted by Gasteiger charge is 2.52. The molecule has 2 aliphatic rings. The quantitative estimate of drug-likeness (QED) is 0.711. The number of aryl methyl sites for hydroxylation is 2. The fraction of sp³-hybridized carbons (Fsp3) is 0.333. The summed E-state index contributed by atoms with van der Waals surface area (Å²) >= 11 is 0. The van der Waals surface area contributed by atoms with Crippen molar-refractivity contribution in [3.8, 4) is 11.1 Å². The van der Waals surface area contributed by atoms with Gasteiger partial charge in [-0.25, -0.2) is 0 Å². The van der Waals surface area contributed by atoms with Crippen molar-refractivity contribution < 1.29 is 9.32 Å². The lowest BCUT2D eigenvalue weighted by atomic mass is 9.80. The van der Waals surface area contributed by atoms with Crippen LogP contribution in [0.3, 0.4) is 0 Å². The second kappa shape index (κ2) is 6.85. The normalized spacial score (nSPS) is 21.8. The molecule has 1 fully saturated rings. The van der Waals surface area contributed by atoms with Crippen molar-refractivity contribution in [1.82, 2.24) is 10.1 Å². The van der Waals surface area contributed by atoms with E-state index in [2.05, 4.69) is 33.6 Å². The number of anilines is 1. The van der Waals surface area contributed by atoms with Gasteiger partial charge in [0.2, 0.25) is 0 Å². The lowest BCUT2D eigenvalue weighted by molar-refractivity contribution is -0.126. The van der Waals surface area contributed by atoms with Crippen LogP contribution in [0, 0.1) is 13.8 Å². The SMILES string of the molecule is Cc1noc(C)c1-c1ccc2c(c1)C(c1ccccc1)(N1CCCCC1)C(=O)N2. The number of benzene rings is 2. The van der Waals surface area contributed by atoms with Gasteiger partial charge in [-0.1, -0.05) is 48.0 Å². The third kappa shape index (κ3) is 2.64. The minimum absolute atomic E-state index is 0.0384. The molecule has 0 spiro atoms. The van der Waals surface area contributed by atoms with E-state index in [9.17, 15) is 4.79 Å². The van der Waals surface area contributed by atoms with E-state index in [1.165, 1.54) is 6.42 Å². The van der Waals surface area contributed by atoms with Crippen LogP contribution in [0.4, 0.5) is 5.69 Å². The maximum atomic E-state index is 13.6. The molecule has 1 N–H and O–H groups in total. The van der Waals surface area contributed by atoms with Crippen LogP contribution in [0.5, 0.6) is 0 Å². The molecule has 0 saturated carbocycles. The zero-order valence-corrected chi connectivity index (χ0v) is 16.9. The summed E-state index contributed by atoms with van der Waals surface area (Å²) in [6.45, 7) is 5.72. The van der Waals surface area contributed by atoms with Gasteiger partial charge >= 0.3 is 0 Å². The summed E-state index contributed by atoms with van der Waals surface area (Å²) in [5.74, 6) is 0.833. The first-order chi connectivity index (χ1) is 14.1. The van der Waals surface area contributed by atoms with E-state index in [1.54, 1.807) is 0 Å². The Labute approximate surface area is 170 Å². The number of hydrogen-bond donors (Lipinski definition) is 1. The molecule has 5 heteroatoms. The minimum atomic E-state index is -0.800. The number of carbonyl (C=O) groups excluding carboxylic acids is 1. The number of hydrogen-bond acceptors (Lipinski definition) is 4. The first kappa shape index (κ1) is 18.1. The van der Waals surface area contributed by atoms with Gasteiger partial charge in [0, 0.05) is 16.8 Å². The highest BCUT2D eigenvalue weighted by Crippen LogP contribution is 2.48. The summed E-state index contributed by atoms with van der Waals surface area (Å²) in [6.07, 6.45) is 3.44. The molecule has 0 aliphatic carbocycles. The summed E-state index contributed by atoms with van der Waals surface area (Å²) in [5, 5.41) is 7.28. The maximum Gasteiger partial charge on any atom is 0.254 e. The van der Waals surface area contributed by atoms with Crippen LogP contribution in [0.25, 0.3) is 11.1 Å². The average molecular weight is 387 g/mol. The fourth-order valence-electron chi connectivity index (χ4n) is 5.03. The highest BCUT2D eigenvalue weighted by atomic mass is 16.5. The fourth-order valence-corrected chi connectivity index (χ4v) is 5.03. The molecule has 29 heavy (non-hydrogen) atoms. The van der Waals surface area contributed by atoms with Crippen molar-refractivity contribution >= 4 is 11.6 Å². The number of amides is 1. The number of nitrogens with zero attached hydrogens (tertiary/aromatic N) is 2. The van der Waals surface area contributed by atoms with Gasteiger partial charge in [-0.15, -0.1) is 0 Å². The molecule has 2 aliphatic heterocycles. The van der Waals surface area contributed by atoms with Crippen molar-refractivity contribution in [2.24, 2.45) is 0 Å². The van der Waals surface area contributed by atoms with E-state index in [1.807, 2.05) is 44.2 Å². The predicted molar refractivity (Wildman–Crippen MR) is 113 cm³/mol. The number of likely N-dealkylation sites (tertiary alicyclic amines) is 1. The van der Waals surface area contributed by atoms with E-state index < -0.39 is 5.54 Å². The Hall–Kier alpha value is -2.92. The molecule has 1 aromatic heterocycles. The van der Waals surface area contributed by atoms with E-state index >= 15 is 0 Å². The Morgan fingerprint density at radius 1 is 1.03 bits per heavy atom. The number of rotatable bonds is 3. The molecule has 5 nitrogen and oxygen atoms in total. The molecule has 5 rings (SSSR count). The van der Waals surface area contributed by atoms with Crippen molar-refractivity contribution in [2.45, 2.75) is 38.6 Å². The van der Waals surface area contributed by atoms with E-state index in [4.69, 9.17) is 4.52 Å². The van der Waals surface area contributed by atoms with Crippen LogP contribution in [0.2, 0.25) is 0 Å². The molecule has 148 valence electrons. The van der Waals surface area contributed by atoms with Gasteiger partial charge in [-0.2, -0.15) is 0 Å².